The first-order valence-electron chi connectivity index (χ1n) is 7.28. The fourth-order valence-electron chi connectivity index (χ4n) is 2.50. The van der Waals surface area contributed by atoms with Crippen LogP contribution in [0.1, 0.15) is 12.8 Å². The number of amides is 1. The fourth-order valence-corrected chi connectivity index (χ4v) is 3.25. The van der Waals surface area contributed by atoms with Crippen molar-refractivity contribution in [1.29, 1.82) is 0 Å². The summed E-state index contributed by atoms with van der Waals surface area (Å²) < 4.78 is 14.2. The summed E-state index contributed by atoms with van der Waals surface area (Å²) in [5.74, 6) is -0.842. The van der Waals surface area contributed by atoms with Gasteiger partial charge in [0.2, 0.25) is 5.13 Å². The average Bonchev–Trinajstić information content (AvgIpc) is 3.04. The first-order valence-corrected chi connectivity index (χ1v) is 8.10. The quantitative estimate of drug-likeness (QED) is 0.908. The Morgan fingerprint density at radius 1 is 1.27 bits per heavy atom. The Morgan fingerprint density at radius 2 is 2.00 bits per heavy atom. The van der Waals surface area contributed by atoms with Crippen LogP contribution in [0, 0.1) is 5.92 Å². The second-order valence-electron chi connectivity index (χ2n) is 5.26. The van der Waals surface area contributed by atoms with E-state index in [1.807, 2.05) is 30.3 Å². The summed E-state index contributed by atoms with van der Waals surface area (Å²) in [4.78, 5) is 12.0. The lowest BCUT2D eigenvalue weighted by molar-refractivity contribution is -0.123. The maximum atomic E-state index is 14.2. The standard InChI is InChI=1S/C15H17FN4OS/c16-12(10-6-8-17-9-7-10)13(21)18-15-20-19-14(22-15)11-4-2-1-3-5-11/h1-5,10,12,17H,6-9H2,(H,18,20,21). The lowest BCUT2D eigenvalue weighted by atomic mass is 9.93. The smallest absolute Gasteiger partial charge is 0.261 e. The van der Waals surface area contributed by atoms with Gasteiger partial charge in [-0.25, -0.2) is 4.39 Å². The van der Waals surface area contributed by atoms with Crippen LogP contribution in [0.5, 0.6) is 0 Å². The van der Waals surface area contributed by atoms with Gasteiger partial charge >= 0.3 is 0 Å². The molecule has 0 radical (unpaired) electrons. The van der Waals surface area contributed by atoms with E-state index in [-0.39, 0.29) is 5.92 Å². The zero-order chi connectivity index (χ0) is 15.4. The van der Waals surface area contributed by atoms with Gasteiger partial charge in [0, 0.05) is 11.5 Å². The summed E-state index contributed by atoms with van der Waals surface area (Å²) in [5, 5.41) is 14.7. The molecule has 2 aromatic rings. The van der Waals surface area contributed by atoms with Gasteiger partial charge < -0.3 is 5.32 Å². The van der Waals surface area contributed by atoms with Crippen molar-refractivity contribution in [2.24, 2.45) is 5.92 Å². The molecule has 5 nitrogen and oxygen atoms in total. The van der Waals surface area contributed by atoms with Crippen molar-refractivity contribution in [2.45, 2.75) is 19.0 Å². The van der Waals surface area contributed by atoms with Gasteiger partial charge in [-0.1, -0.05) is 41.7 Å². The Bertz CT molecular complexity index is 627. The van der Waals surface area contributed by atoms with E-state index >= 15 is 0 Å². The van der Waals surface area contributed by atoms with E-state index in [1.54, 1.807) is 0 Å². The molecule has 7 heteroatoms. The van der Waals surface area contributed by atoms with E-state index in [0.29, 0.717) is 23.0 Å². The zero-order valence-corrected chi connectivity index (χ0v) is 12.8. The molecule has 1 aliphatic rings. The number of hydrogen-bond acceptors (Lipinski definition) is 5. The third-order valence-corrected chi connectivity index (χ3v) is 4.61. The van der Waals surface area contributed by atoms with E-state index in [9.17, 15) is 9.18 Å². The second kappa shape index (κ2) is 6.93. The molecule has 0 saturated carbocycles. The normalized spacial score (nSPS) is 17.1. The summed E-state index contributed by atoms with van der Waals surface area (Å²) in [6, 6.07) is 9.56. The largest absolute Gasteiger partial charge is 0.317 e. The molecule has 0 bridgehead atoms. The lowest BCUT2D eigenvalue weighted by Gasteiger charge is -2.24. The number of nitrogens with one attached hydrogen (secondary N) is 2. The predicted octanol–water partition coefficient (Wildman–Crippen LogP) is 2.48. The van der Waals surface area contributed by atoms with Crippen LogP contribution in [0.2, 0.25) is 0 Å². The highest BCUT2D eigenvalue weighted by Gasteiger charge is 2.29. The zero-order valence-electron chi connectivity index (χ0n) is 12.0. The topological polar surface area (TPSA) is 66.9 Å². The number of benzene rings is 1. The van der Waals surface area contributed by atoms with Crippen LogP contribution in [-0.4, -0.2) is 35.4 Å². The van der Waals surface area contributed by atoms with E-state index < -0.39 is 12.1 Å². The van der Waals surface area contributed by atoms with Crippen molar-refractivity contribution in [3.8, 4) is 10.6 Å². The summed E-state index contributed by atoms with van der Waals surface area (Å²) in [6.07, 6.45) is -0.133. The van der Waals surface area contributed by atoms with Crippen molar-refractivity contribution in [2.75, 3.05) is 18.4 Å². The summed E-state index contributed by atoms with van der Waals surface area (Å²) in [7, 11) is 0. The molecule has 1 atom stereocenters. The van der Waals surface area contributed by atoms with Gasteiger partial charge in [0.1, 0.15) is 5.01 Å². The molecule has 1 aromatic heterocycles. The van der Waals surface area contributed by atoms with Crippen molar-refractivity contribution in [3.63, 3.8) is 0 Å². The minimum absolute atomic E-state index is 0.220. The molecule has 2 N–H and O–H groups in total. The Balaban J connectivity index is 1.63. The third kappa shape index (κ3) is 3.48. The van der Waals surface area contributed by atoms with Crippen LogP contribution in [0.3, 0.4) is 0 Å². The summed E-state index contributed by atoms with van der Waals surface area (Å²) in [6.45, 7) is 1.52. The van der Waals surface area contributed by atoms with Gasteiger partial charge in [-0.2, -0.15) is 0 Å². The number of alkyl halides is 1. The van der Waals surface area contributed by atoms with Crippen LogP contribution in [-0.2, 0) is 4.79 Å². The highest BCUT2D eigenvalue weighted by atomic mass is 32.1. The maximum Gasteiger partial charge on any atom is 0.261 e. The minimum atomic E-state index is -1.49. The van der Waals surface area contributed by atoms with E-state index in [2.05, 4.69) is 20.8 Å². The summed E-state index contributed by atoms with van der Waals surface area (Å²) >= 11 is 1.25. The molecule has 0 aliphatic carbocycles. The maximum absolute atomic E-state index is 14.2. The second-order valence-corrected chi connectivity index (χ2v) is 6.23. The number of rotatable bonds is 4. The number of carbonyl (C=O) groups excluding carboxylic acids is 1. The molecule has 1 fully saturated rings. The first kappa shape index (κ1) is 15.1. The first-order chi connectivity index (χ1) is 10.7. The number of nitrogens with zero attached hydrogens (tertiary/aromatic N) is 2. The van der Waals surface area contributed by atoms with Crippen molar-refractivity contribution >= 4 is 22.4 Å². The number of anilines is 1. The van der Waals surface area contributed by atoms with Gasteiger partial charge in [0.05, 0.1) is 0 Å². The van der Waals surface area contributed by atoms with Crippen LogP contribution >= 0.6 is 11.3 Å². The molecule has 0 spiro atoms. The molecule has 1 unspecified atom stereocenters. The minimum Gasteiger partial charge on any atom is -0.317 e. The predicted molar refractivity (Wildman–Crippen MR) is 84.5 cm³/mol. The highest BCUT2D eigenvalue weighted by Crippen LogP contribution is 2.27. The SMILES string of the molecule is O=C(Nc1nnc(-c2ccccc2)s1)C(F)C1CCNCC1. The van der Waals surface area contributed by atoms with Crippen LogP contribution < -0.4 is 10.6 Å². The number of halogens is 1. The van der Waals surface area contributed by atoms with Crippen LogP contribution in [0.15, 0.2) is 30.3 Å². The van der Waals surface area contributed by atoms with Gasteiger partial charge in [0.15, 0.2) is 6.17 Å². The summed E-state index contributed by atoms with van der Waals surface area (Å²) in [5.41, 5.74) is 0.927. The molecule has 2 heterocycles. The van der Waals surface area contributed by atoms with Gasteiger partial charge in [-0.05, 0) is 25.9 Å². The van der Waals surface area contributed by atoms with E-state index in [0.717, 1.165) is 18.7 Å². The molecule has 22 heavy (non-hydrogen) atoms. The van der Waals surface area contributed by atoms with Crippen molar-refractivity contribution in [3.05, 3.63) is 30.3 Å². The van der Waals surface area contributed by atoms with Crippen molar-refractivity contribution < 1.29 is 9.18 Å². The fraction of sp³-hybridized carbons (Fsp3) is 0.400. The van der Waals surface area contributed by atoms with Crippen LogP contribution in [0.4, 0.5) is 9.52 Å². The lowest BCUT2D eigenvalue weighted by Crippen LogP contribution is -2.38. The van der Waals surface area contributed by atoms with Gasteiger partial charge in [-0.3, -0.25) is 10.1 Å². The molecule has 1 aromatic carbocycles. The Labute approximate surface area is 132 Å². The van der Waals surface area contributed by atoms with Gasteiger partial charge in [0.25, 0.3) is 5.91 Å². The molecule has 1 saturated heterocycles. The van der Waals surface area contributed by atoms with Crippen LogP contribution in [0.25, 0.3) is 10.6 Å². The molecule has 1 amide bonds. The number of aromatic nitrogens is 2. The number of carbonyl (C=O) groups is 1. The van der Waals surface area contributed by atoms with Gasteiger partial charge in [-0.15, -0.1) is 10.2 Å². The molecule has 1 aliphatic heterocycles. The third-order valence-electron chi connectivity index (χ3n) is 3.72. The number of hydrogen-bond donors (Lipinski definition) is 2. The number of piperidine rings is 1. The average molecular weight is 320 g/mol. The van der Waals surface area contributed by atoms with Crippen molar-refractivity contribution in [1.82, 2.24) is 15.5 Å². The Kier molecular flexibility index (Phi) is 4.74. The molecule has 3 rings (SSSR count). The molecule has 116 valence electrons. The molecular weight excluding hydrogens is 303 g/mol. The monoisotopic (exact) mass is 320 g/mol. The highest BCUT2D eigenvalue weighted by molar-refractivity contribution is 7.18. The Morgan fingerprint density at radius 3 is 2.73 bits per heavy atom. The van der Waals surface area contributed by atoms with E-state index in [4.69, 9.17) is 0 Å². The Hall–Kier alpha value is -1.86. The molecular formula is C15H17FN4OS. The van der Waals surface area contributed by atoms with E-state index in [1.165, 1.54) is 11.3 Å².